The zero-order valence-corrected chi connectivity index (χ0v) is 14.2. The van der Waals surface area contributed by atoms with Crippen LogP contribution in [0.3, 0.4) is 0 Å². The molecule has 1 aromatic rings. The van der Waals surface area contributed by atoms with Crippen LogP contribution >= 0.6 is 11.6 Å². The number of urea groups is 1. The Bertz CT molecular complexity index is 506. The summed E-state index contributed by atoms with van der Waals surface area (Å²) in [5.74, 6) is 0.492. The van der Waals surface area contributed by atoms with Crippen LogP contribution in [0.1, 0.15) is 45.2 Å². The number of nitrogens with zero attached hydrogens (tertiary/aromatic N) is 1. The molecular weight excluding hydrogens is 300 g/mol. The second-order valence-corrected chi connectivity index (χ2v) is 7.08. The van der Waals surface area contributed by atoms with E-state index in [2.05, 4.69) is 5.32 Å². The Morgan fingerprint density at radius 3 is 2.45 bits per heavy atom. The van der Waals surface area contributed by atoms with Gasteiger partial charge in [-0.3, -0.25) is 0 Å². The fourth-order valence-electron chi connectivity index (χ4n) is 2.59. The van der Waals surface area contributed by atoms with E-state index in [9.17, 15) is 9.90 Å². The predicted octanol–water partition coefficient (Wildman–Crippen LogP) is 3.59. The van der Waals surface area contributed by atoms with Crippen LogP contribution in [0.4, 0.5) is 4.79 Å². The minimum absolute atomic E-state index is 0.0145. The number of nitrogens with one attached hydrogen (secondary N) is 1. The summed E-state index contributed by atoms with van der Waals surface area (Å²) in [5.41, 5.74) is 0.183. The highest BCUT2D eigenvalue weighted by atomic mass is 35.5. The molecule has 0 aliphatic heterocycles. The van der Waals surface area contributed by atoms with Crippen molar-refractivity contribution in [2.24, 2.45) is 5.92 Å². The van der Waals surface area contributed by atoms with Crippen molar-refractivity contribution in [2.75, 3.05) is 13.1 Å². The number of aliphatic hydroxyl groups is 1. The second kappa shape index (κ2) is 6.88. The molecule has 2 N–H and O–H groups in total. The van der Waals surface area contributed by atoms with Gasteiger partial charge in [-0.05, 0) is 57.2 Å². The summed E-state index contributed by atoms with van der Waals surface area (Å²) in [7, 11) is 0. The molecule has 1 aliphatic carbocycles. The van der Waals surface area contributed by atoms with Crippen molar-refractivity contribution in [3.05, 3.63) is 34.9 Å². The largest absolute Gasteiger partial charge is 0.389 e. The molecule has 1 aromatic carbocycles. The first kappa shape index (κ1) is 17.1. The van der Waals surface area contributed by atoms with Crippen LogP contribution in [-0.2, 0) is 0 Å². The van der Waals surface area contributed by atoms with Gasteiger partial charge < -0.3 is 15.3 Å². The molecule has 5 heteroatoms. The minimum Gasteiger partial charge on any atom is -0.389 e. The van der Waals surface area contributed by atoms with E-state index in [1.807, 2.05) is 31.2 Å². The smallest absolute Gasteiger partial charge is 0.317 e. The molecule has 22 heavy (non-hydrogen) atoms. The van der Waals surface area contributed by atoms with E-state index in [1.54, 1.807) is 18.7 Å². The molecule has 0 bridgehead atoms. The Hall–Kier alpha value is -1.26. The highest BCUT2D eigenvalue weighted by molar-refractivity contribution is 6.30. The molecule has 1 unspecified atom stereocenters. The van der Waals surface area contributed by atoms with E-state index < -0.39 is 5.60 Å². The SMILES string of the molecule is CCN(CC(C)(C)O)C(=O)NC(c1ccc(Cl)cc1)C1CC1. The maximum absolute atomic E-state index is 12.5. The van der Waals surface area contributed by atoms with E-state index >= 15 is 0 Å². The van der Waals surface area contributed by atoms with Crippen LogP contribution in [0, 0.1) is 5.92 Å². The Morgan fingerprint density at radius 1 is 1.41 bits per heavy atom. The van der Waals surface area contributed by atoms with Crippen LogP contribution in [0.5, 0.6) is 0 Å². The minimum atomic E-state index is -0.900. The van der Waals surface area contributed by atoms with Gasteiger partial charge >= 0.3 is 6.03 Å². The number of carbonyl (C=O) groups excluding carboxylic acids is 1. The average molecular weight is 325 g/mol. The molecule has 0 heterocycles. The lowest BCUT2D eigenvalue weighted by molar-refractivity contribution is 0.0474. The Morgan fingerprint density at radius 2 is 2.00 bits per heavy atom. The molecule has 1 fully saturated rings. The monoisotopic (exact) mass is 324 g/mol. The molecule has 0 spiro atoms. The Balaban J connectivity index is 2.07. The van der Waals surface area contributed by atoms with Gasteiger partial charge in [0.1, 0.15) is 0 Å². The predicted molar refractivity (Wildman–Crippen MR) is 89.0 cm³/mol. The number of likely N-dealkylation sites (N-methyl/N-ethyl adjacent to an activating group) is 1. The van der Waals surface area contributed by atoms with E-state index in [0.29, 0.717) is 24.0 Å². The summed E-state index contributed by atoms with van der Waals surface area (Å²) in [4.78, 5) is 14.2. The van der Waals surface area contributed by atoms with Gasteiger partial charge in [0.15, 0.2) is 0 Å². The first-order chi connectivity index (χ1) is 10.3. The van der Waals surface area contributed by atoms with Crippen molar-refractivity contribution in [3.8, 4) is 0 Å². The average Bonchev–Trinajstić information content (AvgIpc) is 3.26. The maximum Gasteiger partial charge on any atom is 0.317 e. The summed E-state index contributed by atoms with van der Waals surface area (Å²) in [5, 5.41) is 13.8. The summed E-state index contributed by atoms with van der Waals surface area (Å²) in [6, 6.07) is 7.53. The Kier molecular flexibility index (Phi) is 5.35. The van der Waals surface area contributed by atoms with Crippen molar-refractivity contribution < 1.29 is 9.90 Å². The van der Waals surface area contributed by atoms with Gasteiger partial charge in [0, 0.05) is 11.6 Å². The van der Waals surface area contributed by atoms with Crippen LogP contribution in [-0.4, -0.2) is 34.7 Å². The quantitative estimate of drug-likeness (QED) is 0.840. The van der Waals surface area contributed by atoms with Crippen molar-refractivity contribution in [3.63, 3.8) is 0 Å². The van der Waals surface area contributed by atoms with E-state index in [4.69, 9.17) is 11.6 Å². The summed E-state index contributed by atoms with van der Waals surface area (Å²) < 4.78 is 0. The number of rotatable bonds is 6. The molecule has 0 saturated heterocycles. The third-order valence-corrected chi connectivity index (χ3v) is 4.10. The van der Waals surface area contributed by atoms with Gasteiger partial charge in [-0.1, -0.05) is 23.7 Å². The first-order valence-electron chi connectivity index (χ1n) is 7.83. The molecule has 0 aromatic heterocycles. The summed E-state index contributed by atoms with van der Waals surface area (Å²) in [6.45, 7) is 6.21. The standard InChI is InChI=1S/C17H25ClN2O2/c1-4-20(11-17(2,3)22)16(21)19-15(12-5-6-12)13-7-9-14(18)10-8-13/h7-10,12,15,22H,4-6,11H2,1-3H3,(H,19,21). The molecule has 2 rings (SSSR count). The fourth-order valence-corrected chi connectivity index (χ4v) is 2.72. The van der Waals surface area contributed by atoms with Crippen LogP contribution in [0.25, 0.3) is 0 Å². The van der Waals surface area contributed by atoms with Gasteiger partial charge in [-0.25, -0.2) is 4.79 Å². The lowest BCUT2D eigenvalue weighted by atomic mass is 10.0. The van der Waals surface area contributed by atoms with Crippen LogP contribution in [0.2, 0.25) is 5.02 Å². The third-order valence-electron chi connectivity index (χ3n) is 3.85. The zero-order chi connectivity index (χ0) is 16.3. The highest BCUT2D eigenvalue weighted by Crippen LogP contribution is 2.41. The van der Waals surface area contributed by atoms with Gasteiger partial charge in [0.2, 0.25) is 0 Å². The summed E-state index contributed by atoms with van der Waals surface area (Å²) in [6.07, 6.45) is 2.26. The van der Waals surface area contributed by atoms with Crippen LogP contribution in [0.15, 0.2) is 24.3 Å². The van der Waals surface area contributed by atoms with Gasteiger partial charge in [-0.2, -0.15) is 0 Å². The molecule has 1 saturated carbocycles. The molecule has 2 amide bonds. The zero-order valence-electron chi connectivity index (χ0n) is 13.5. The number of hydrogen-bond acceptors (Lipinski definition) is 2. The lowest BCUT2D eigenvalue weighted by Gasteiger charge is -2.30. The highest BCUT2D eigenvalue weighted by Gasteiger charge is 2.34. The molecule has 4 nitrogen and oxygen atoms in total. The molecular formula is C17H25ClN2O2. The number of benzene rings is 1. The topological polar surface area (TPSA) is 52.6 Å². The van der Waals surface area contributed by atoms with E-state index in [-0.39, 0.29) is 12.1 Å². The second-order valence-electron chi connectivity index (χ2n) is 6.64. The molecule has 1 aliphatic rings. The molecule has 0 radical (unpaired) electrons. The fraction of sp³-hybridized carbons (Fsp3) is 0.588. The normalized spacial score (nSPS) is 16.2. The number of amides is 2. The van der Waals surface area contributed by atoms with Gasteiger partial charge in [-0.15, -0.1) is 0 Å². The van der Waals surface area contributed by atoms with Crippen LogP contribution < -0.4 is 5.32 Å². The molecule has 1 atom stereocenters. The third kappa shape index (κ3) is 4.89. The Labute approximate surface area is 137 Å². The molecule has 122 valence electrons. The summed E-state index contributed by atoms with van der Waals surface area (Å²) >= 11 is 5.94. The maximum atomic E-state index is 12.5. The van der Waals surface area contributed by atoms with Gasteiger partial charge in [0.05, 0.1) is 18.2 Å². The van der Waals surface area contributed by atoms with E-state index in [0.717, 1.165) is 18.4 Å². The first-order valence-corrected chi connectivity index (χ1v) is 8.21. The van der Waals surface area contributed by atoms with Crippen molar-refractivity contribution in [1.29, 1.82) is 0 Å². The lowest BCUT2D eigenvalue weighted by Crippen LogP contribution is -2.47. The number of halogens is 1. The number of carbonyl (C=O) groups is 1. The van der Waals surface area contributed by atoms with Crippen molar-refractivity contribution in [1.82, 2.24) is 10.2 Å². The van der Waals surface area contributed by atoms with Crippen molar-refractivity contribution in [2.45, 2.75) is 45.3 Å². The van der Waals surface area contributed by atoms with Crippen molar-refractivity contribution >= 4 is 17.6 Å². The van der Waals surface area contributed by atoms with Gasteiger partial charge in [0.25, 0.3) is 0 Å². The number of hydrogen-bond donors (Lipinski definition) is 2. The van der Waals surface area contributed by atoms with E-state index in [1.165, 1.54) is 0 Å².